The summed E-state index contributed by atoms with van der Waals surface area (Å²) in [5.41, 5.74) is 0.756. The molecule has 31 heavy (non-hydrogen) atoms. The molecule has 1 aliphatic heterocycles. The van der Waals surface area contributed by atoms with Gasteiger partial charge in [0.25, 0.3) is 5.56 Å². The van der Waals surface area contributed by atoms with Gasteiger partial charge in [-0.2, -0.15) is 0 Å². The van der Waals surface area contributed by atoms with Crippen molar-refractivity contribution in [2.24, 2.45) is 5.92 Å². The number of carbonyl (C=O) groups excluding carboxylic acids is 1. The Morgan fingerprint density at radius 2 is 2.00 bits per heavy atom. The minimum atomic E-state index is -0.236. The van der Waals surface area contributed by atoms with E-state index in [9.17, 15) is 9.59 Å². The number of nitrogens with zero attached hydrogens (tertiary/aromatic N) is 2. The summed E-state index contributed by atoms with van der Waals surface area (Å²) in [6.07, 6.45) is 3.15. The second kappa shape index (κ2) is 9.09. The van der Waals surface area contributed by atoms with E-state index in [4.69, 9.17) is 9.47 Å². The van der Waals surface area contributed by atoms with E-state index < -0.39 is 0 Å². The third-order valence-corrected chi connectivity index (χ3v) is 6.53. The second-order valence-electron chi connectivity index (χ2n) is 8.01. The van der Waals surface area contributed by atoms with Gasteiger partial charge in [0, 0.05) is 11.3 Å². The quantitative estimate of drug-likeness (QED) is 0.631. The molecule has 4 rings (SSSR count). The zero-order chi connectivity index (χ0) is 22.0. The van der Waals surface area contributed by atoms with Gasteiger partial charge in [-0.3, -0.25) is 14.2 Å². The molecule has 0 fully saturated rings. The zero-order valence-corrected chi connectivity index (χ0v) is 18.8. The maximum absolute atomic E-state index is 12.8. The van der Waals surface area contributed by atoms with Gasteiger partial charge in [-0.1, -0.05) is 26.8 Å². The van der Waals surface area contributed by atoms with Gasteiger partial charge in [0.05, 0.1) is 31.0 Å². The Morgan fingerprint density at radius 1 is 1.23 bits per heavy atom. The largest absolute Gasteiger partial charge is 0.490 e. The molecule has 1 aliphatic rings. The summed E-state index contributed by atoms with van der Waals surface area (Å²) in [5, 5.41) is 3.64. The van der Waals surface area contributed by atoms with Crippen LogP contribution in [0.25, 0.3) is 10.2 Å². The lowest BCUT2D eigenvalue weighted by atomic mass is 9.95. The van der Waals surface area contributed by atoms with Crippen molar-refractivity contribution in [2.45, 2.75) is 46.2 Å². The molecule has 0 spiro atoms. The van der Waals surface area contributed by atoms with Crippen LogP contribution in [0.3, 0.4) is 0 Å². The molecule has 0 saturated heterocycles. The molecule has 0 saturated carbocycles. The molecule has 0 bridgehead atoms. The van der Waals surface area contributed by atoms with Crippen molar-refractivity contribution in [3.8, 4) is 11.5 Å². The Kier molecular flexibility index (Phi) is 6.27. The lowest BCUT2D eigenvalue weighted by Crippen LogP contribution is -2.36. The molecule has 3 aromatic rings. The lowest BCUT2D eigenvalue weighted by Gasteiger charge is -2.24. The predicted molar refractivity (Wildman–Crippen MR) is 121 cm³/mol. The topological polar surface area (TPSA) is 82.5 Å². The van der Waals surface area contributed by atoms with E-state index in [0.717, 1.165) is 29.0 Å². The first kappa shape index (κ1) is 21.4. The number of amides is 1. The fourth-order valence-corrected chi connectivity index (χ4v) is 4.60. The Hall–Kier alpha value is -2.87. The number of rotatable bonds is 6. The summed E-state index contributed by atoms with van der Waals surface area (Å²) in [5.74, 6) is 1.34. The summed E-state index contributed by atoms with van der Waals surface area (Å²) < 4.78 is 12.9. The summed E-state index contributed by atoms with van der Waals surface area (Å²) in [4.78, 5) is 31.8. The van der Waals surface area contributed by atoms with E-state index in [1.165, 1.54) is 22.2 Å². The highest BCUT2D eigenvalue weighted by Gasteiger charge is 2.22. The Labute approximate surface area is 185 Å². The molecule has 164 valence electrons. The van der Waals surface area contributed by atoms with Gasteiger partial charge < -0.3 is 14.8 Å². The van der Waals surface area contributed by atoms with Gasteiger partial charge in [0.1, 0.15) is 11.4 Å². The maximum atomic E-state index is 12.8. The van der Waals surface area contributed by atoms with Gasteiger partial charge in [0.15, 0.2) is 11.5 Å². The van der Waals surface area contributed by atoms with E-state index in [1.54, 1.807) is 0 Å². The number of hydrogen-bond donors (Lipinski definition) is 1. The molecule has 1 N–H and O–H groups in total. The third kappa shape index (κ3) is 4.58. The van der Waals surface area contributed by atoms with Crippen molar-refractivity contribution in [2.75, 3.05) is 13.2 Å². The number of benzene rings is 1. The minimum Gasteiger partial charge on any atom is -0.490 e. The van der Waals surface area contributed by atoms with Crippen molar-refractivity contribution >= 4 is 27.5 Å². The highest BCUT2D eigenvalue weighted by molar-refractivity contribution is 7.18. The van der Waals surface area contributed by atoms with E-state index in [0.29, 0.717) is 29.2 Å². The predicted octanol–water partition coefficient (Wildman–Crippen LogP) is 3.70. The van der Waals surface area contributed by atoms with Crippen LogP contribution < -0.4 is 20.3 Å². The van der Waals surface area contributed by atoms with Gasteiger partial charge in [-0.05, 0) is 36.1 Å². The molecule has 3 heterocycles. The summed E-state index contributed by atoms with van der Waals surface area (Å²) >= 11 is 1.52. The normalized spacial score (nSPS) is 14.5. The molecule has 7 nitrogen and oxygen atoms in total. The fourth-order valence-electron chi connectivity index (χ4n) is 3.68. The first-order valence-electron chi connectivity index (χ1n) is 10.6. The number of ether oxygens (including phenoxy) is 2. The SMILES string of the molecule is CCc1cc2c(=O)n(CC(=O)NC(c3ccc4c(c3)OCCCO4)C(C)C)cnc2s1. The Balaban J connectivity index is 1.53. The van der Waals surface area contributed by atoms with E-state index >= 15 is 0 Å². The summed E-state index contributed by atoms with van der Waals surface area (Å²) in [7, 11) is 0. The van der Waals surface area contributed by atoms with Gasteiger partial charge in [-0.15, -0.1) is 11.3 Å². The standard InChI is InChI=1S/C23H27N3O4S/c1-4-16-11-17-22(31-16)24-13-26(23(17)28)12-20(27)25-21(14(2)3)15-6-7-18-19(10-15)30-9-5-8-29-18/h6-7,10-11,13-14,21H,4-5,8-9,12H2,1-3H3,(H,25,27). The molecule has 0 radical (unpaired) electrons. The molecule has 8 heteroatoms. The maximum Gasteiger partial charge on any atom is 0.262 e. The summed E-state index contributed by atoms with van der Waals surface area (Å²) in [6.45, 7) is 7.30. The number of carbonyl (C=O) groups is 1. The number of nitrogens with one attached hydrogen (secondary N) is 1. The van der Waals surface area contributed by atoms with Crippen LogP contribution in [0.2, 0.25) is 0 Å². The van der Waals surface area contributed by atoms with Gasteiger partial charge >= 0.3 is 0 Å². The fraction of sp³-hybridized carbons (Fsp3) is 0.435. The lowest BCUT2D eigenvalue weighted by molar-refractivity contribution is -0.122. The second-order valence-corrected chi connectivity index (χ2v) is 9.12. The van der Waals surface area contributed by atoms with Crippen LogP contribution in [0.5, 0.6) is 11.5 Å². The molecular formula is C23H27N3O4S. The molecule has 1 unspecified atom stereocenters. The van der Waals surface area contributed by atoms with Crippen LogP contribution in [-0.4, -0.2) is 28.7 Å². The molecule has 1 amide bonds. The highest BCUT2D eigenvalue weighted by Crippen LogP contribution is 2.34. The number of aryl methyl sites for hydroxylation is 1. The van der Waals surface area contributed by atoms with Crippen LogP contribution in [0.15, 0.2) is 35.4 Å². The van der Waals surface area contributed by atoms with Crippen molar-refractivity contribution in [3.05, 3.63) is 51.4 Å². The first-order chi connectivity index (χ1) is 15.0. The van der Waals surface area contributed by atoms with Crippen LogP contribution in [0.1, 0.15) is 43.7 Å². The van der Waals surface area contributed by atoms with Crippen molar-refractivity contribution in [1.82, 2.24) is 14.9 Å². The molecule has 2 aromatic heterocycles. The van der Waals surface area contributed by atoms with Crippen molar-refractivity contribution in [3.63, 3.8) is 0 Å². The molecular weight excluding hydrogens is 414 g/mol. The van der Waals surface area contributed by atoms with Crippen LogP contribution >= 0.6 is 11.3 Å². The Bertz CT molecular complexity index is 1150. The molecule has 1 aromatic carbocycles. The molecule has 1 atom stereocenters. The van der Waals surface area contributed by atoms with Crippen LogP contribution in [-0.2, 0) is 17.8 Å². The van der Waals surface area contributed by atoms with E-state index in [-0.39, 0.29) is 30.0 Å². The Morgan fingerprint density at radius 3 is 2.74 bits per heavy atom. The zero-order valence-electron chi connectivity index (χ0n) is 18.0. The molecule has 0 aliphatic carbocycles. The van der Waals surface area contributed by atoms with Crippen LogP contribution in [0, 0.1) is 5.92 Å². The minimum absolute atomic E-state index is 0.0765. The smallest absolute Gasteiger partial charge is 0.262 e. The first-order valence-corrected chi connectivity index (χ1v) is 11.4. The van der Waals surface area contributed by atoms with Gasteiger partial charge in [-0.25, -0.2) is 4.98 Å². The number of thiophene rings is 1. The monoisotopic (exact) mass is 441 g/mol. The van der Waals surface area contributed by atoms with Gasteiger partial charge in [0.2, 0.25) is 5.91 Å². The van der Waals surface area contributed by atoms with Crippen LogP contribution in [0.4, 0.5) is 0 Å². The third-order valence-electron chi connectivity index (χ3n) is 5.35. The average molecular weight is 442 g/mol. The highest BCUT2D eigenvalue weighted by atomic mass is 32.1. The number of fused-ring (bicyclic) bond motifs is 2. The van der Waals surface area contributed by atoms with Crippen molar-refractivity contribution < 1.29 is 14.3 Å². The van der Waals surface area contributed by atoms with Crippen molar-refractivity contribution in [1.29, 1.82) is 0 Å². The number of hydrogen-bond acceptors (Lipinski definition) is 6. The average Bonchev–Trinajstić information content (AvgIpc) is 3.04. The number of aromatic nitrogens is 2. The van der Waals surface area contributed by atoms with E-state index in [1.807, 2.05) is 45.0 Å². The summed E-state index contributed by atoms with van der Waals surface area (Å²) in [6, 6.07) is 7.43. The van der Waals surface area contributed by atoms with E-state index in [2.05, 4.69) is 10.3 Å².